The average molecular weight is 327 g/mol. The van der Waals surface area contributed by atoms with Gasteiger partial charge in [0, 0.05) is 0 Å². The third-order valence-corrected chi connectivity index (χ3v) is 4.95. The largest absolute Gasteiger partial charge is 0.504 e. The fraction of sp³-hybridized carbons (Fsp3) is 0.444. The molecule has 2 bridgehead atoms. The number of benzene rings is 1. The normalized spacial score (nSPS) is 25.1. The van der Waals surface area contributed by atoms with Gasteiger partial charge in [0.05, 0.1) is 30.1 Å². The summed E-state index contributed by atoms with van der Waals surface area (Å²) in [4.78, 5) is 12.5. The van der Waals surface area contributed by atoms with Crippen LogP contribution in [-0.4, -0.2) is 39.0 Å². The molecule has 0 spiro atoms. The molecule has 0 aliphatic carbocycles. The van der Waals surface area contributed by atoms with E-state index in [9.17, 15) is 9.90 Å². The van der Waals surface area contributed by atoms with Gasteiger partial charge in [0.25, 0.3) is 5.91 Å². The first kappa shape index (κ1) is 15.2. The van der Waals surface area contributed by atoms with Crippen LogP contribution in [0.5, 0.6) is 5.75 Å². The number of nitrogens with one attached hydrogen (secondary N) is 1. The maximum absolute atomic E-state index is 12.5. The highest BCUT2D eigenvalue weighted by atomic mass is 16.5. The number of hydrogen-bond acceptors (Lipinski definition) is 4. The Kier molecular flexibility index (Phi) is 3.76. The molecule has 2 N–H and O–H groups in total. The summed E-state index contributed by atoms with van der Waals surface area (Å²) in [6.45, 7) is 2.06. The van der Waals surface area contributed by atoms with Crippen LogP contribution in [0.25, 0.3) is 5.69 Å². The average Bonchev–Trinajstić information content (AvgIpc) is 3.30. The molecule has 3 atom stereocenters. The van der Waals surface area contributed by atoms with Gasteiger partial charge >= 0.3 is 0 Å². The van der Waals surface area contributed by atoms with Crippen molar-refractivity contribution in [3.8, 4) is 11.4 Å². The summed E-state index contributed by atoms with van der Waals surface area (Å²) in [6.07, 6.45) is 5.61. The van der Waals surface area contributed by atoms with E-state index in [0.717, 1.165) is 36.9 Å². The predicted octanol–water partition coefficient (Wildman–Crippen LogP) is 2.19. The lowest BCUT2D eigenvalue weighted by molar-refractivity contribution is 0.0835. The van der Waals surface area contributed by atoms with Crippen molar-refractivity contribution in [2.45, 2.75) is 50.9 Å². The van der Waals surface area contributed by atoms with Crippen LogP contribution in [0.3, 0.4) is 0 Å². The molecule has 2 fully saturated rings. The van der Waals surface area contributed by atoms with Crippen molar-refractivity contribution >= 4 is 5.91 Å². The van der Waals surface area contributed by atoms with Crippen LogP contribution in [0.2, 0.25) is 0 Å². The number of carbonyl (C=O) groups excluding carboxylic acids is 1. The monoisotopic (exact) mass is 327 g/mol. The van der Waals surface area contributed by atoms with Crippen molar-refractivity contribution in [2.24, 2.45) is 0 Å². The Labute approximate surface area is 140 Å². The fourth-order valence-electron chi connectivity index (χ4n) is 3.71. The molecule has 1 amide bonds. The second-order valence-corrected chi connectivity index (χ2v) is 6.48. The molecule has 6 nitrogen and oxygen atoms in total. The maximum atomic E-state index is 12.5. The topological polar surface area (TPSA) is 76.4 Å². The molecular weight excluding hydrogens is 306 g/mol. The van der Waals surface area contributed by atoms with Gasteiger partial charge in [-0.15, -0.1) is 0 Å². The zero-order valence-corrected chi connectivity index (χ0v) is 13.6. The number of aryl methyl sites for hydroxylation is 1. The van der Waals surface area contributed by atoms with Gasteiger partial charge in [-0.2, -0.15) is 5.10 Å². The lowest BCUT2D eigenvalue weighted by atomic mass is 9.95. The molecular formula is C18H21N3O3. The number of aromatic hydroxyl groups is 1. The second kappa shape index (κ2) is 5.94. The first-order chi connectivity index (χ1) is 11.7. The van der Waals surface area contributed by atoms with Crippen LogP contribution < -0.4 is 5.32 Å². The molecule has 4 rings (SSSR count). The molecule has 3 heterocycles. The highest BCUT2D eigenvalue weighted by molar-refractivity contribution is 5.95. The molecule has 2 aliphatic rings. The minimum Gasteiger partial charge on any atom is -0.504 e. The highest BCUT2D eigenvalue weighted by Gasteiger charge is 2.41. The number of aromatic nitrogens is 2. The van der Waals surface area contributed by atoms with E-state index in [1.54, 1.807) is 4.68 Å². The summed E-state index contributed by atoms with van der Waals surface area (Å²) in [6, 6.07) is 7.84. The predicted molar refractivity (Wildman–Crippen MR) is 88.4 cm³/mol. The Morgan fingerprint density at radius 2 is 2.25 bits per heavy atom. The minimum absolute atomic E-state index is 0.0173. The van der Waals surface area contributed by atoms with E-state index < -0.39 is 0 Å². The van der Waals surface area contributed by atoms with Crippen LogP contribution in [0.15, 0.2) is 30.5 Å². The molecule has 126 valence electrons. The van der Waals surface area contributed by atoms with Gasteiger partial charge in [0.1, 0.15) is 0 Å². The van der Waals surface area contributed by atoms with Crippen molar-refractivity contribution < 1.29 is 14.6 Å². The van der Waals surface area contributed by atoms with Crippen molar-refractivity contribution in [3.05, 3.63) is 41.7 Å². The summed E-state index contributed by atoms with van der Waals surface area (Å²) >= 11 is 0. The molecule has 1 aromatic carbocycles. The van der Waals surface area contributed by atoms with Crippen molar-refractivity contribution in [1.82, 2.24) is 15.1 Å². The Morgan fingerprint density at radius 3 is 2.96 bits per heavy atom. The Morgan fingerprint density at radius 1 is 1.42 bits per heavy atom. The smallest absolute Gasteiger partial charge is 0.275 e. The molecule has 6 heteroatoms. The highest BCUT2D eigenvalue weighted by Crippen LogP contribution is 2.34. The van der Waals surface area contributed by atoms with Gasteiger partial charge in [-0.25, -0.2) is 4.68 Å². The van der Waals surface area contributed by atoms with Gasteiger partial charge < -0.3 is 15.2 Å². The Bertz CT molecular complexity index is 771. The van der Waals surface area contributed by atoms with E-state index >= 15 is 0 Å². The van der Waals surface area contributed by atoms with Crippen LogP contribution in [0.1, 0.15) is 42.2 Å². The van der Waals surface area contributed by atoms with Crippen molar-refractivity contribution in [1.29, 1.82) is 0 Å². The van der Waals surface area contributed by atoms with Gasteiger partial charge in [-0.1, -0.05) is 25.1 Å². The quantitative estimate of drug-likeness (QED) is 0.902. The van der Waals surface area contributed by atoms with Gasteiger partial charge in [-0.3, -0.25) is 4.79 Å². The second-order valence-electron chi connectivity index (χ2n) is 6.48. The molecule has 2 aromatic rings. The SMILES string of the molecule is CCc1ccccc1-n1cc(O)c(C(=O)N[C@@H]2C[C@H]3CC[C@@H]2O3)n1. The zero-order valence-electron chi connectivity index (χ0n) is 13.6. The number of carbonyl (C=O) groups is 1. The van der Waals surface area contributed by atoms with Crippen molar-refractivity contribution in [2.75, 3.05) is 0 Å². The summed E-state index contributed by atoms with van der Waals surface area (Å²) in [7, 11) is 0. The fourth-order valence-corrected chi connectivity index (χ4v) is 3.71. The number of rotatable bonds is 4. The molecule has 1 aromatic heterocycles. The van der Waals surface area contributed by atoms with Crippen molar-refractivity contribution in [3.63, 3.8) is 0 Å². The van der Waals surface area contributed by atoms with E-state index in [1.807, 2.05) is 24.3 Å². The van der Waals surface area contributed by atoms with Gasteiger partial charge in [-0.05, 0) is 37.3 Å². The lowest BCUT2D eigenvalue weighted by Crippen LogP contribution is -2.41. The summed E-state index contributed by atoms with van der Waals surface area (Å²) in [5, 5.41) is 17.4. The number of para-hydroxylation sites is 1. The van der Waals surface area contributed by atoms with E-state index in [2.05, 4.69) is 17.3 Å². The first-order valence-electron chi connectivity index (χ1n) is 8.49. The summed E-state index contributed by atoms with van der Waals surface area (Å²) in [5.74, 6) is -0.455. The van der Waals surface area contributed by atoms with Crippen LogP contribution in [0, 0.1) is 0 Å². The lowest BCUT2D eigenvalue weighted by Gasteiger charge is -2.19. The summed E-state index contributed by atoms with van der Waals surface area (Å²) < 4.78 is 7.32. The van der Waals surface area contributed by atoms with E-state index in [-0.39, 0.29) is 35.6 Å². The van der Waals surface area contributed by atoms with E-state index in [0.29, 0.717) is 0 Å². The number of hydrogen-bond donors (Lipinski definition) is 2. The minimum atomic E-state index is -0.346. The standard InChI is InChI=1S/C18H21N3O3/c1-2-11-5-3-4-6-14(11)21-10-15(22)17(20-21)18(23)19-13-9-12-7-8-16(13)24-12/h3-6,10,12-13,16,22H,2,7-9H2,1H3,(H,19,23)/t12-,13-,16+/m1/s1. The van der Waals surface area contributed by atoms with Crippen LogP contribution in [0.4, 0.5) is 0 Å². The third-order valence-electron chi connectivity index (χ3n) is 4.95. The van der Waals surface area contributed by atoms with Gasteiger partial charge in [0.15, 0.2) is 11.4 Å². The molecule has 24 heavy (non-hydrogen) atoms. The maximum Gasteiger partial charge on any atom is 0.275 e. The molecule has 0 radical (unpaired) electrons. The number of fused-ring (bicyclic) bond motifs is 2. The molecule has 2 saturated heterocycles. The Hall–Kier alpha value is -2.34. The molecule has 0 saturated carbocycles. The zero-order chi connectivity index (χ0) is 16.7. The summed E-state index contributed by atoms with van der Waals surface area (Å²) in [5.41, 5.74) is 2.04. The molecule has 2 aliphatic heterocycles. The number of nitrogens with zero attached hydrogens (tertiary/aromatic N) is 2. The third kappa shape index (κ3) is 2.57. The number of amides is 1. The van der Waals surface area contributed by atoms with Gasteiger partial charge in [0.2, 0.25) is 0 Å². The first-order valence-corrected chi connectivity index (χ1v) is 8.49. The number of ether oxygens (including phenoxy) is 1. The van der Waals surface area contributed by atoms with Crippen LogP contribution in [-0.2, 0) is 11.2 Å². The van der Waals surface area contributed by atoms with Crippen LogP contribution >= 0.6 is 0 Å². The Balaban J connectivity index is 1.56. The molecule has 0 unspecified atom stereocenters. The van der Waals surface area contributed by atoms with E-state index in [1.165, 1.54) is 6.20 Å². The van der Waals surface area contributed by atoms with E-state index in [4.69, 9.17) is 4.74 Å².